The molecule has 1 saturated heterocycles. The molecule has 4 heteroatoms. The van der Waals surface area contributed by atoms with Gasteiger partial charge in [-0.2, -0.15) is 0 Å². The Morgan fingerprint density at radius 1 is 1.14 bits per heavy atom. The molecule has 1 heterocycles. The third-order valence-electron chi connectivity index (χ3n) is 4.95. The molecule has 1 aliphatic heterocycles. The van der Waals surface area contributed by atoms with Crippen molar-refractivity contribution in [3.8, 4) is 5.75 Å². The molecule has 1 atom stereocenters. The third kappa shape index (κ3) is 3.61. The predicted octanol–water partition coefficient (Wildman–Crippen LogP) is 3.68. The van der Waals surface area contributed by atoms with Crippen molar-refractivity contribution < 1.29 is 5.11 Å². The third-order valence-corrected chi connectivity index (χ3v) is 5.44. The van der Waals surface area contributed by atoms with Crippen LogP contribution >= 0.6 is 15.9 Å². The number of phenolic OH excluding ortho intramolecular Hbond substituents is 1. The Hall–Kier alpha value is -0.580. The number of halogens is 1. The molecular formula is C17H25BrN2O. The highest BCUT2D eigenvalue weighted by molar-refractivity contribution is 9.10. The standard InChI is InChI=1S/C17H25BrN2O/c18-14-6-7-16(21)15(12-14)17(13-4-2-1-3-5-13)20-10-8-19-9-11-20/h6-7,12-13,17,19,21H,1-5,8-11H2/t17-/m1/s1. The van der Waals surface area contributed by atoms with Crippen LogP contribution in [0.3, 0.4) is 0 Å². The summed E-state index contributed by atoms with van der Waals surface area (Å²) in [5.74, 6) is 1.13. The summed E-state index contributed by atoms with van der Waals surface area (Å²) < 4.78 is 1.06. The van der Waals surface area contributed by atoms with Gasteiger partial charge in [0.15, 0.2) is 0 Å². The van der Waals surface area contributed by atoms with Crippen LogP contribution in [0.1, 0.15) is 43.7 Å². The number of phenols is 1. The van der Waals surface area contributed by atoms with Crippen LogP contribution in [0.5, 0.6) is 5.75 Å². The van der Waals surface area contributed by atoms with Crippen molar-refractivity contribution in [2.45, 2.75) is 38.1 Å². The molecule has 1 aliphatic carbocycles. The highest BCUT2D eigenvalue weighted by Crippen LogP contribution is 2.42. The number of hydrogen-bond donors (Lipinski definition) is 2. The predicted molar refractivity (Wildman–Crippen MR) is 89.6 cm³/mol. The first-order chi connectivity index (χ1) is 10.3. The summed E-state index contributed by atoms with van der Waals surface area (Å²) in [7, 11) is 0. The molecule has 0 spiro atoms. The molecule has 3 nitrogen and oxygen atoms in total. The zero-order valence-electron chi connectivity index (χ0n) is 12.5. The van der Waals surface area contributed by atoms with Crippen LogP contribution in [0.15, 0.2) is 22.7 Å². The number of nitrogens with zero attached hydrogens (tertiary/aromatic N) is 1. The van der Waals surface area contributed by atoms with Crippen LogP contribution in [0, 0.1) is 5.92 Å². The molecule has 1 aromatic carbocycles. The van der Waals surface area contributed by atoms with Gasteiger partial charge in [-0.3, -0.25) is 4.90 Å². The number of piperazine rings is 1. The Morgan fingerprint density at radius 3 is 2.57 bits per heavy atom. The fourth-order valence-corrected chi connectivity index (χ4v) is 4.30. The van der Waals surface area contributed by atoms with Crippen LogP contribution in [0.2, 0.25) is 0 Å². The Labute approximate surface area is 135 Å². The topological polar surface area (TPSA) is 35.5 Å². The van der Waals surface area contributed by atoms with Crippen molar-refractivity contribution in [1.82, 2.24) is 10.2 Å². The number of aromatic hydroxyl groups is 1. The Balaban J connectivity index is 1.91. The molecule has 2 fully saturated rings. The summed E-state index contributed by atoms with van der Waals surface area (Å²) >= 11 is 3.57. The number of rotatable bonds is 3. The van der Waals surface area contributed by atoms with Gasteiger partial charge in [-0.15, -0.1) is 0 Å². The second-order valence-electron chi connectivity index (χ2n) is 6.33. The summed E-state index contributed by atoms with van der Waals surface area (Å²) in [6.45, 7) is 4.26. The summed E-state index contributed by atoms with van der Waals surface area (Å²) in [6.07, 6.45) is 6.63. The second kappa shape index (κ2) is 7.12. The molecule has 0 unspecified atom stereocenters. The lowest BCUT2D eigenvalue weighted by molar-refractivity contribution is 0.101. The summed E-state index contributed by atoms with van der Waals surface area (Å²) in [6, 6.07) is 6.24. The van der Waals surface area contributed by atoms with E-state index in [9.17, 15) is 5.11 Å². The number of benzene rings is 1. The van der Waals surface area contributed by atoms with Crippen LogP contribution in [0.4, 0.5) is 0 Å². The lowest BCUT2D eigenvalue weighted by atomic mass is 9.80. The van der Waals surface area contributed by atoms with E-state index in [1.807, 2.05) is 12.1 Å². The van der Waals surface area contributed by atoms with E-state index in [4.69, 9.17) is 0 Å². The van der Waals surface area contributed by atoms with Gasteiger partial charge in [0.1, 0.15) is 5.75 Å². The molecule has 2 N–H and O–H groups in total. The van der Waals surface area contributed by atoms with Gasteiger partial charge >= 0.3 is 0 Å². The van der Waals surface area contributed by atoms with Crippen molar-refractivity contribution in [2.75, 3.05) is 26.2 Å². The van der Waals surface area contributed by atoms with Gasteiger partial charge in [0.2, 0.25) is 0 Å². The first kappa shape index (κ1) is 15.3. The van der Waals surface area contributed by atoms with Gasteiger partial charge in [0.05, 0.1) is 0 Å². The van der Waals surface area contributed by atoms with Crippen molar-refractivity contribution >= 4 is 15.9 Å². The van der Waals surface area contributed by atoms with E-state index in [-0.39, 0.29) is 0 Å². The first-order valence-electron chi connectivity index (χ1n) is 8.19. The van der Waals surface area contributed by atoms with Gasteiger partial charge in [-0.05, 0) is 37.0 Å². The van der Waals surface area contributed by atoms with E-state index in [1.54, 1.807) is 0 Å². The van der Waals surface area contributed by atoms with E-state index in [0.717, 1.165) is 36.2 Å². The molecule has 0 radical (unpaired) electrons. The van der Waals surface area contributed by atoms with Crippen molar-refractivity contribution in [3.63, 3.8) is 0 Å². The minimum atomic E-state index is 0.366. The molecule has 116 valence electrons. The van der Waals surface area contributed by atoms with Gasteiger partial charge in [-0.1, -0.05) is 35.2 Å². The minimum Gasteiger partial charge on any atom is -0.508 e. The summed E-state index contributed by atoms with van der Waals surface area (Å²) in [5, 5.41) is 13.8. The maximum atomic E-state index is 10.4. The fraction of sp³-hybridized carbons (Fsp3) is 0.647. The second-order valence-corrected chi connectivity index (χ2v) is 7.25. The molecular weight excluding hydrogens is 328 g/mol. The lowest BCUT2D eigenvalue weighted by Gasteiger charge is -2.41. The molecule has 3 rings (SSSR count). The Morgan fingerprint density at radius 2 is 1.86 bits per heavy atom. The first-order valence-corrected chi connectivity index (χ1v) is 8.98. The highest BCUT2D eigenvalue weighted by atomic mass is 79.9. The summed E-state index contributed by atoms with van der Waals surface area (Å²) in [5.41, 5.74) is 1.11. The fourth-order valence-electron chi connectivity index (χ4n) is 3.92. The zero-order chi connectivity index (χ0) is 14.7. The number of hydrogen-bond acceptors (Lipinski definition) is 3. The van der Waals surface area contributed by atoms with Crippen LogP contribution < -0.4 is 5.32 Å². The van der Waals surface area contributed by atoms with Crippen LogP contribution in [-0.4, -0.2) is 36.2 Å². The van der Waals surface area contributed by atoms with Crippen molar-refractivity contribution in [2.24, 2.45) is 5.92 Å². The summed E-state index contributed by atoms with van der Waals surface area (Å²) in [4.78, 5) is 2.58. The van der Waals surface area contributed by atoms with E-state index in [1.165, 1.54) is 32.1 Å². The Kier molecular flexibility index (Phi) is 5.19. The molecule has 0 aromatic heterocycles. The molecule has 0 amide bonds. The minimum absolute atomic E-state index is 0.366. The van der Waals surface area contributed by atoms with Gasteiger partial charge < -0.3 is 10.4 Å². The monoisotopic (exact) mass is 352 g/mol. The normalized spacial score (nSPS) is 23.1. The lowest BCUT2D eigenvalue weighted by Crippen LogP contribution is -2.47. The average molecular weight is 353 g/mol. The molecule has 0 bridgehead atoms. The highest BCUT2D eigenvalue weighted by Gasteiger charge is 2.32. The largest absolute Gasteiger partial charge is 0.508 e. The van der Waals surface area contributed by atoms with E-state index in [2.05, 4.69) is 32.2 Å². The van der Waals surface area contributed by atoms with E-state index < -0.39 is 0 Å². The van der Waals surface area contributed by atoms with Gasteiger partial charge in [0, 0.05) is 42.3 Å². The maximum absolute atomic E-state index is 10.4. The molecule has 2 aliphatic rings. The average Bonchev–Trinajstić information content (AvgIpc) is 2.53. The maximum Gasteiger partial charge on any atom is 0.120 e. The van der Waals surface area contributed by atoms with E-state index >= 15 is 0 Å². The van der Waals surface area contributed by atoms with Crippen molar-refractivity contribution in [3.05, 3.63) is 28.2 Å². The van der Waals surface area contributed by atoms with E-state index in [0.29, 0.717) is 17.7 Å². The molecule has 1 saturated carbocycles. The van der Waals surface area contributed by atoms with Gasteiger partial charge in [-0.25, -0.2) is 0 Å². The SMILES string of the molecule is Oc1ccc(Br)cc1[C@@H](C1CCCCC1)N1CCNCC1. The van der Waals surface area contributed by atoms with Gasteiger partial charge in [0.25, 0.3) is 0 Å². The Bertz CT molecular complexity index is 450. The van der Waals surface area contributed by atoms with Crippen LogP contribution in [-0.2, 0) is 0 Å². The smallest absolute Gasteiger partial charge is 0.120 e. The molecule has 21 heavy (non-hydrogen) atoms. The van der Waals surface area contributed by atoms with Crippen molar-refractivity contribution in [1.29, 1.82) is 0 Å². The number of nitrogens with one attached hydrogen (secondary N) is 1. The van der Waals surface area contributed by atoms with Crippen LogP contribution in [0.25, 0.3) is 0 Å². The quantitative estimate of drug-likeness (QED) is 0.870. The molecule has 1 aromatic rings. The zero-order valence-corrected chi connectivity index (χ0v) is 14.1.